The van der Waals surface area contributed by atoms with Crippen LogP contribution < -0.4 is 0 Å². The van der Waals surface area contributed by atoms with E-state index in [1.807, 2.05) is 24.3 Å². The van der Waals surface area contributed by atoms with Crippen molar-refractivity contribution in [1.82, 2.24) is 14.7 Å². The molecule has 0 spiro atoms. The molecule has 2 heterocycles. The van der Waals surface area contributed by atoms with Gasteiger partial charge in [-0.1, -0.05) is 25.0 Å². The standard InChI is InChI=1S/C22H30N4O2/c23-15-18-5-7-19(8-6-18)16-24-9-11-25(12-10-24)17-22(27)26-13-14-28-21-4-2-1-3-20(21)26/h5-8,20-21H,1-4,9-14,16-17H2. The van der Waals surface area contributed by atoms with Crippen LogP contribution in [-0.4, -0.2) is 78.6 Å². The molecule has 4 rings (SSSR count). The number of hydrogen-bond acceptors (Lipinski definition) is 5. The van der Waals surface area contributed by atoms with E-state index in [-0.39, 0.29) is 12.0 Å². The SMILES string of the molecule is N#Cc1ccc(CN2CCN(CC(=O)N3CCOC4CCCCC43)CC2)cc1. The van der Waals surface area contributed by atoms with E-state index < -0.39 is 0 Å². The molecule has 0 bridgehead atoms. The zero-order chi connectivity index (χ0) is 19.3. The van der Waals surface area contributed by atoms with Gasteiger partial charge in [0, 0.05) is 39.3 Å². The molecule has 1 aliphatic carbocycles. The maximum Gasteiger partial charge on any atom is 0.237 e. The molecule has 1 aromatic rings. The van der Waals surface area contributed by atoms with Crippen molar-refractivity contribution < 1.29 is 9.53 Å². The fourth-order valence-electron chi connectivity index (χ4n) is 4.74. The topological polar surface area (TPSA) is 59.8 Å². The summed E-state index contributed by atoms with van der Waals surface area (Å²) in [6.07, 6.45) is 4.89. The highest BCUT2D eigenvalue weighted by molar-refractivity contribution is 5.78. The molecule has 2 saturated heterocycles. The van der Waals surface area contributed by atoms with E-state index in [1.165, 1.54) is 18.4 Å². The number of ether oxygens (including phenoxy) is 1. The zero-order valence-electron chi connectivity index (χ0n) is 16.6. The molecule has 0 N–H and O–H groups in total. The number of nitrogens with zero attached hydrogens (tertiary/aromatic N) is 4. The molecule has 1 amide bonds. The quantitative estimate of drug-likeness (QED) is 0.795. The lowest BCUT2D eigenvalue weighted by molar-refractivity contribution is -0.151. The Balaban J connectivity index is 1.24. The van der Waals surface area contributed by atoms with Crippen LogP contribution in [0.2, 0.25) is 0 Å². The first-order valence-electron chi connectivity index (χ1n) is 10.6. The van der Waals surface area contributed by atoms with E-state index in [2.05, 4.69) is 20.8 Å². The number of piperazine rings is 1. The third-order valence-corrected chi connectivity index (χ3v) is 6.37. The number of benzene rings is 1. The van der Waals surface area contributed by atoms with Gasteiger partial charge in [0.1, 0.15) is 0 Å². The van der Waals surface area contributed by atoms with E-state index in [0.717, 1.165) is 52.1 Å². The van der Waals surface area contributed by atoms with Crippen LogP contribution >= 0.6 is 0 Å². The summed E-state index contributed by atoms with van der Waals surface area (Å²) in [5.74, 6) is 0.278. The van der Waals surface area contributed by atoms with Gasteiger partial charge in [0.2, 0.25) is 5.91 Å². The van der Waals surface area contributed by atoms with Crippen LogP contribution in [0, 0.1) is 11.3 Å². The van der Waals surface area contributed by atoms with Crippen molar-refractivity contribution in [3.8, 4) is 6.07 Å². The Kier molecular flexibility index (Phi) is 6.26. The minimum absolute atomic E-state index is 0.260. The highest BCUT2D eigenvalue weighted by atomic mass is 16.5. The smallest absolute Gasteiger partial charge is 0.237 e. The van der Waals surface area contributed by atoms with Gasteiger partial charge in [-0.3, -0.25) is 14.6 Å². The summed E-state index contributed by atoms with van der Waals surface area (Å²) in [6.45, 7) is 6.68. The molecule has 0 aromatic heterocycles. The summed E-state index contributed by atoms with van der Waals surface area (Å²) in [4.78, 5) is 19.8. The molecule has 28 heavy (non-hydrogen) atoms. The second-order valence-electron chi connectivity index (χ2n) is 8.21. The molecule has 2 aliphatic heterocycles. The Labute approximate surface area is 167 Å². The van der Waals surface area contributed by atoms with E-state index in [1.54, 1.807) is 0 Å². The van der Waals surface area contributed by atoms with Gasteiger partial charge in [-0.15, -0.1) is 0 Å². The maximum atomic E-state index is 12.9. The predicted molar refractivity (Wildman–Crippen MR) is 107 cm³/mol. The average molecular weight is 383 g/mol. The number of hydrogen-bond donors (Lipinski definition) is 0. The number of carbonyl (C=O) groups excluding carboxylic acids is 1. The molecule has 150 valence electrons. The molecule has 0 radical (unpaired) electrons. The fraction of sp³-hybridized carbons (Fsp3) is 0.636. The Bertz CT molecular complexity index is 704. The van der Waals surface area contributed by atoms with Crippen LogP contribution in [0.4, 0.5) is 0 Å². The second kappa shape index (κ2) is 9.04. The molecule has 3 fully saturated rings. The minimum Gasteiger partial charge on any atom is -0.374 e. The lowest BCUT2D eigenvalue weighted by Crippen LogP contribution is -2.57. The van der Waals surface area contributed by atoms with Gasteiger partial charge in [0.25, 0.3) is 0 Å². The Morgan fingerprint density at radius 1 is 1.04 bits per heavy atom. The molecule has 6 heteroatoms. The summed E-state index contributed by atoms with van der Waals surface area (Å²) in [7, 11) is 0. The van der Waals surface area contributed by atoms with Crippen LogP contribution in [0.3, 0.4) is 0 Å². The van der Waals surface area contributed by atoms with Crippen molar-refractivity contribution in [1.29, 1.82) is 5.26 Å². The van der Waals surface area contributed by atoms with Crippen molar-refractivity contribution in [3.63, 3.8) is 0 Å². The second-order valence-corrected chi connectivity index (χ2v) is 8.21. The highest BCUT2D eigenvalue weighted by Gasteiger charge is 2.37. The van der Waals surface area contributed by atoms with Crippen LogP contribution in [0.25, 0.3) is 0 Å². The van der Waals surface area contributed by atoms with Crippen molar-refractivity contribution in [3.05, 3.63) is 35.4 Å². The molecule has 1 saturated carbocycles. The number of amides is 1. The summed E-state index contributed by atoms with van der Waals surface area (Å²) in [6, 6.07) is 10.3. The zero-order valence-corrected chi connectivity index (χ0v) is 16.6. The lowest BCUT2D eigenvalue weighted by Gasteiger charge is -2.44. The van der Waals surface area contributed by atoms with Gasteiger partial charge in [-0.05, 0) is 30.5 Å². The van der Waals surface area contributed by atoms with Crippen LogP contribution in [0.1, 0.15) is 36.8 Å². The Morgan fingerprint density at radius 2 is 1.75 bits per heavy atom. The third kappa shape index (κ3) is 4.54. The lowest BCUT2D eigenvalue weighted by atomic mass is 9.90. The fourth-order valence-corrected chi connectivity index (χ4v) is 4.74. The number of nitriles is 1. The van der Waals surface area contributed by atoms with Crippen LogP contribution in [-0.2, 0) is 16.1 Å². The van der Waals surface area contributed by atoms with Crippen molar-refractivity contribution in [2.75, 3.05) is 45.9 Å². The number of carbonyl (C=O) groups is 1. The van der Waals surface area contributed by atoms with Crippen LogP contribution in [0.5, 0.6) is 0 Å². The average Bonchev–Trinajstić information content (AvgIpc) is 2.75. The van der Waals surface area contributed by atoms with E-state index in [9.17, 15) is 4.79 Å². The van der Waals surface area contributed by atoms with Crippen LogP contribution in [0.15, 0.2) is 24.3 Å². The largest absolute Gasteiger partial charge is 0.374 e. The number of rotatable bonds is 4. The molecule has 2 atom stereocenters. The summed E-state index contributed by atoms with van der Waals surface area (Å²) in [5.41, 5.74) is 1.94. The number of fused-ring (bicyclic) bond motifs is 1. The summed E-state index contributed by atoms with van der Waals surface area (Å²) < 4.78 is 5.91. The summed E-state index contributed by atoms with van der Waals surface area (Å²) >= 11 is 0. The van der Waals surface area contributed by atoms with Crippen molar-refractivity contribution in [2.45, 2.75) is 44.4 Å². The Morgan fingerprint density at radius 3 is 2.50 bits per heavy atom. The third-order valence-electron chi connectivity index (χ3n) is 6.37. The molecular weight excluding hydrogens is 352 g/mol. The summed E-state index contributed by atoms with van der Waals surface area (Å²) in [5, 5.41) is 8.91. The van der Waals surface area contributed by atoms with E-state index in [4.69, 9.17) is 10.00 Å². The van der Waals surface area contributed by atoms with Crippen molar-refractivity contribution in [2.24, 2.45) is 0 Å². The molecule has 1 aromatic carbocycles. The van der Waals surface area contributed by atoms with Gasteiger partial charge < -0.3 is 9.64 Å². The Hall–Kier alpha value is -1.94. The van der Waals surface area contributed by atoms with Gasteiger partial charge >= 0.3 is 0 Å². The van der Waals surface area contributed by atoms with Gasteiger partial charge in [0.15, 0.2) is 0 Å². The molecular formula is C22H30N4O2. The van der Waals surface area contributed by atoms with Gasteiger partial charge in [0.05, 0.1) is 36.9 Å². The first-order valence-corrected chi connectivity index (χ1v) is 10.6. The maximum absolute atomic E-state index is 12.9. The molecule has 2 unspecified atom stereocenters. The monoisotopic (exact) mass is 382 g/mol. The predicted octanol–water partition coefficient (Wildman–Crippen LogP) is 1.85. The molecule has 6 nitrogen and oxygen atoms in total. The normalized spacial score (nSPS) is 26.5. The highest BCUT2D eigenvalue weighted by Crippen LogP contribution is 2.28. The van der Waals surface area contributed by atoms with Crippen molar-refractivity contribution >= 4 is 5.91 Å². The minimum atomic E-state index is 0.260. The van der Waals surface area contributed by atoms with Gasteiger partial charge in [-0.2, -0.15) is 5.26 Å². The van der Waals surface area contributed by atoms with E-state index >= 15 is 0 Å². The van der Waals surface area contributed by atoms with E-state index in [0.29, 0.717) is 24.8 Å². The van der Waals surface area contributed by atoms with Gasteiger partial charge in [-0.25, -0.2) is 0 Å². The first-order chi connectivity index (χ1) is 13.7. The first kappa shape index (κ1) is 19.4. The molecule has 3 aliphatic rings. The number of morpholine rings is 1.